The van der Waals surface area contributed by atoms with E-state index in [1.165, 1.54) is 5.56 Å². The molecule has 1 aromatic heterocycles. The fourth-order valence-electron chi connectivity index (χ4n) is 4.83. The zero-order valence-electron chi connectivity index (χ0n) is 18.6. The summed E-state index contributed by atoms with van der Waals surface area (Å²) in [4.78, 5) is 24.4. The second-order valence-electron chi connectivity index (χ2n) is 8.71. The van der Waals surface area contributed by atoms with Crippen LogP contribution in [0.25, 0.3) is 11.4 Å². The predicted molar refractivity (Wildman–Crippen MR) is 128 cm³/mol. The van der Waals surface area contributed by atoms with Crippen molar-refractivity contribution in [3.63, 3.8) is 0 Å². The molecule has 0 spiro atoms. The Labute approximate surface area is 190 Å². The molecule has 0 unspecified atom stereocenters. The van der Waals surface area contributed by atoms with Crippen LogP contribution in [0.1, 0.15) is 12.0 Å². The molecule has 6 nitrogen and oxygen atoms in total. The zero-order valence-corrected chi connectivity index (χ0v) is 18.6. The van der Waals surface area contributed by atoms with Crippen LogP contribution in [0, 0.1) is 0 Å². The number of amides is 1. The van der Waals surface area contributed by atoms with Crippen LogP contribution in [-0.4, -0.2) is 71.1 Å². The minimum absolute atomic E-state index is 0.233. The third-order valence-corrected chi connectivity index (χ3v) is 6.64. The van der Waals surface area contributed by atoms with Crippen molar-refractivity contribution in [2.45, 2.75) is 19.4 Å². The lowest BCUT2D eigenvalue weighted by atomic mass is 10.0. The Morgan fingerprint density at radius 1 is 0.844 bits per heavy atom. The van der Waals surface area contributed by atoms with Crippen molar-refractivity contribution in [2.24, 2.45) is 0 Å². The number of aryl methyl sites for hydroxylation is 1. The number of hydrogen-bond acceptors (Lipinski definition) is 4. The monoisotopic (exact) mass is 429 g/mol. The highest BCUT2D eigenvalue weighted by Gasteiger charge is 2.25. The van der Waals surface area contributed by atoms with Crippen molar-refractivity contribution < 1.29 is 4.79 Å². The average molecular weight is 430 g/mol. The van der Waals surface area contributed by atoms with Crippen molar-refractivity contribution in [2.75, 3.05) is 50.7 Å². The summed E-state index contributed by atoms with van der Waals surface area (Å²) < 4.78 is 2.24. The summed E-state index contributed by atoms with van der Waals surface area (Å²) >= 11 is 0. The highest BCUT2D eigenvalue weighted by Crippen LogP contribution is 2.27. The van der Waals surface area contributed by atoms with E-state index in [-0.39, 0.29) is 5.91 Å². The summed E-state index contributed by atoms with van der Waals surface area (Å²) in [5.74, 6) is 1.26. The molecule has 2 aromatic carbocycles. The second-order valence-corrected chi connectivity index (χ2v) is 8.71. The molecular formula is C26H31N5O. The maximum Gasteiger partial charge on any atom is 0.241 e. The first-order chi connectivity index (χ1) is 15.8. The molecule has 1 fully saturated rings. The van der Waals surface area contributed by atoms with Gasteiger partial charge in [0.2, 0.25) is 5.91 Å². The van der Waals surface area contributed by atoms with Gasteiger partial charge >= 0.3 is 0 Å². The van der Waals surface area contributed by atoms with E-state index in [0.717, 1.165) is 75.7 Å². The molecular weight excluding hydrogens is 398 g/mol. The molecule has 32 heavy (non-hydrogen) atoms. The first-order valence-corrected chi connectivity index (χ1v) is 11.7. The van der Waals surface area contributed by atoms with Gasteiger partial charge in [-0.25, -0.2) is 4.98 Å². The maximum atomic E-state index is 13.0. The molecule has 1 amide bonds. The van der Waals surface area contributed by atoms with E-state index < -0.39 is 0 Å². The fraction of sp³-hybridized carbons (Fsp3) is 0.385. The van der Waals surface area contributed by atoms with Gasteiger partial charge in [-0.05, 0) is 24.5 Å². The highest BCUT2D eigenvalue weighted by atomic mass is 16.2. The topological polar surface area (TPSA) is 44.6 Å². The number of rotatable bonds is 6. The zero-order chi connectivity index (χ0) is 21.8. The largest absolute Gasteiger partial charge is 0.330 e. The molecule has 0 aliphatic carbocycles. The van der Waals surface area contributed by atoms with Gasteiger partial charge < -0.3 is 9.47 Å². The Balaban J connectivity index is 1.11. The van der Waals surface area contributed by atoms with E-state index in [2.05, 4.69) is 68.0 Å². The molecule has 0 saturated carbocycles. The smallest absolute Gasteiger partial charge is 0.241 e. The first-order valence-electron chi connectivity index (χ1n) is 11.7. The molecule has 2 aliphatic rings. The number of nitrogens with zero attached hydrogens (tertiary/aromatic N) is 5. The molecule has 5 rings (SSSR count). The number of aromatic nitrogens is 2. The summed E-state index contributed by atoms with van der Waals surface area (Å²) in [5, 5.41) is 0. The number of hydrogen-bond donors (Lipinski definition) is 0. The lowest BCUT2D eigenvalue weighted by Crippen LogP contribution is -2.51. The standard InChI is InChI=1S/C26H31N5O/c32-25(31-13-6-10-22-7-4-5-11-24(22)31)21-29-17-15-28(16-18-29)19-20-30-14-12-27-26(30)23-8-2-1-3-9-23/h1-5,7-9,11-12,14H,6,10,13,15-21H2. The van der Waals surface area contributed by atoms with Crippen molar-refractivity contribution in [1.29, 1.82) is 0 Å². The molecule has 6 heteroatoms. The first kappa shape index (κ1) is 20.9. The van der Waals surface area contributed by atoms with Gasteiger partial charge in [0.1, 0.15) is 5.82 Å². The number of para-hydroxylation sites is 1. The quantitative estimate of drug-likeness (QED) is 0.604. The molecule has 0 atom stereocenters. The van der Waals surface area contributed by atoms with Gasteiger partial charge in [0, 0.05) is 69.5 Å². The van der Waals surface area contributed by atoms with Gasteiger partial charge in [-0.1, -0.05) is 48.5 Å². The molecule has 0 radical (unpaired) electrons. The summed E-state index contributed by atoms with van der Waals surface area (Å²) in [5.41, 5.74) is 3.56. The number of imidazole rings is 1. The van der Waals surface area contributed by atoms with E-state index in [4.69, 9.17) is 0 Å². The van der Waals surface area contributed by atoms with Crippen molar-refractivity contribution >= 4 is 11.6 Å². The molecule has 1 saturated heterocycles. The van der Waals surface area contributed by atoms with Crippen LogP contribution in [0.5, 0.6) is 0 Å². The van der Waals surface area contributed by atoms with Crippen LogP contribution < -0.4 is 4.90 Å². The Morgan fingerprint density at radius 3 is 2.44 bits per heavy atom. The van der Waals surface area contributed by atoms with E-state index in [1.54, 1.807) is 0 Å². The van der Waals surface area contributed by atoms with Crippen LogP contribution in [-0.2, 0) is 17.8 Å². The number of anilines is 1. The van der Waals surface area contributed by atoms with Gasteiger partial charge in [-0.3, -0.25) is 14.6 Å². The normalized spacial score (nSPS) is 17.3. The van der Waals surface area contributed by atoms with Gasteiger partial charge in [-0.2, -0.15) is 0 Å². The molecule has 2 aliphatic heterocycles. The molecule has 3 heterocycles. The summed E-state index contributed by atoms with van der Waals surface area (Å²) in [7, 11) is 0. The van der Waals surface area contributed by atoms with Crippen LogP contribution in [0.2, 0.25) is 0 Å². The van der Waals surface area contributed by atoms with Gasteiger partial charge in [0.25, 0.3) is 0 Å². The molecule has 0 N–H and O–H groups in total. The Bertz CT molecular complexity index is 1040. The molecule has 3 aromatic rings. The van der Waals surface area contributed by atoms with E-state index in [9.17, 15) is 4.79 Å². The summed E-state index contributed by atoms with van der Waals surface area (Å²) in [6.45, 7) is 7.16. The van der Waals surface area contributed by atoms with Gasteiger partial charge in [0.15, 0.2) is 0 Å². The van der Waals surface area contributed by atoms with Gasteiger partial charge in [-0.15, -0.1) is 0 Å². The van der Waals surface area contributed by atoms with Crippen LogP contribution in [0.4, 0.5) is 5.69 Å². The number of carbonyl (C=O) groups is 1. The SMILES string of the molecule is O=C(CN1CCN(CCn2ccnc2-c2ccccc2)CC1)N1CCCc2ccccc21. The molecule has 166 valence electrons. The van der Waals surface area contributed by atoms with E-state index >= 15 is 0 Å². The lowest BCUT2D eigenvalue weighted by Gasteiger charge is -2.36. The number of carbonyl (C=O) groups excluding carboxylic acids is 1. The third kappa shape index (κ3) is 4.61. The van der Waals surface area contributed by atoms with E-state index in [1.807, 2.05) is 23.2 Å². The van der Waals surface area contributed by atoms with Crippen LogP contribution in [0.15, 0.2) is 67.0 Å². The Morgan fingerprint density at radius 2 is 1.59 bits per heavy atom. The average Bonchev–Trinajstić information content (AvgIpc) is 3.32. The van der Waals surface area contributed by atoms with Crippen LogP contribution >= 0.6 is 0 Å². The van der Waals surface area contributed by atoms with Crippen molar-refractivity contribution in [3.05, 3.63) is 72.6 Å². The maximum absolute atomic E-state index is 13.0. The minimum Gasteiger partial charge on any atom is -0.330 e. The number of benzene rings is 2. The fourth-order valence-corrected chi connectivity index (χ4v) is 4.83. The summed E-state index contributed by atoms with van der Waals surface area (Å²) in [6.07, 6.45) is 6.07. The Kier molecular flexibility index (Phi) is 6.32. The second kappa shape index (κ2) is 9.67. The predicted octanol–water partition coefficient (Wildman–Crippen LogP) is 3.15. The van der Waals surface area contributed by atoms with E-state index in [0.29, 0.717) is 6.54 Å². The van der Waals surface area contributed by atoms with Gasteiger partial charge in [0.05, 0.1) is 6.54 Å². The third-order valence-electron chi connectivity index (χ3n) is 6.64. The lowest BCUT2D eigenvalue weighted by molar-refractivity contribution is -0.120. The Hall–Kier alpha value is -2.96. The summed E-state index contributed by atoms with van der Waals surface area (Å²) in [6, 6.07) is 18.7. The minimum atomic E-state index is 0.233. The van der Waals surface area contributed by atoms with Crippen LogP contribution in [0.3, 0.4) is 0 Å². The van der Waals surface area contributed by atoms with Crippen molar-refractivity contribution in [3.8, 4) is 11.4 Å². The number of fused-ring (bicyclic) bond motifs is 1. The highest BCUT2D eigenvalue weighted by molar-refractivity contribution is 5.95. The van der Waals surface area contributed by atoms with Crippen molar-refractivity contribution in [1.82, 2.24) is 19.4 Å². The number of piperazine rings is 1. The molecule has 0 bridgehead atoms.